The quantitative estimate of drug-likeness (QED) is 0.0480. The molecule has 15 aromatic rings. The fourth-order valence-corrected chi connectivity index (χ4v) is 11.4. The molecule has 0 spiro atoms. The Bertz CT molecular complexity index is 6050. The van der Waals surface area contributed by atoms with Crippen LogP contribution in [0, 0.1) is 86.4 Å². The summed E-state index contributed by atoms with van der Waals surface area (Å²) in [5.74, 6) is 4.56. The van der Waals surface area contributed by atoms with Gasteiger partial charge in [0.25, 0.3) is 0 Å². The fraction of sp³-hybridized carbons (Fsp3) is 0.156. The number of halogens is 1. The Labute approximate surface area is 709 Å². The number of ether oxygens (including phenoxy) is 5. The SMILES string of the molecule is Cc1cc(Oc2cccnc2)cc(C(=O)Cc2cc(C#N)ccn2)n1.Cc1cc(Oc2cccnc2)cc(C(=O)Cc2cc(F)ccn2)n1.Cc1ccc(CC(=O)c2cc(Oc3ccc(C)nc3)cc(C)n2)nc1.Cc1ccc(CC(=O)c2cc(Oc3ccc(C)nc3)cc(C)n2)nc1.Cc1ccc(CC(=O)c2cc(Oc3cccnc3)cc(C)n2)nc1. The molecule has 15 aromatic heterocycles. The molecule has 0 amide bonds. The fourth-order valence-electron chi connectivity index (χ4n) is 11.4. The van der Waals surface area contributed by atoms with Gasteiger partial charge in [-0.2, -0.15) is 5.26 Å². The molecular weight excluding hydrogens is 1560 g/mol. The molecule has 0 radical (unpaired) electrons. The van der Waals surface area contributed by atoms with E-state index in [9.17, 15) is 28.4 Å². The van der Waals surface area contributed by atoms with E-state index in [1.807, 2.05) is 122 Å². The molecular formula is C96H83FN16O10. The number of pyridine rings is 15. The predicted molar refractivity (Wildman–Crippen MR) is 456 cm³/mol. The van der Waals surface area contributed by atoms with Crippen LogP contribution in [0.25, 0.3) is 0 Å². The van der Waals surface area contributed by atoms with Crippen LogP contribution in [0.1, 0.15) is 143 Å². The van der Waals surface area contributed by atoms with Crippen LogP contribution < -0.4 is 23.7 Å². The van der Waals surface area contributed by atoms with Crippen molar-refractivity contribution >= 4 is 28.9 Å². The number of rotatable bonds is 25. The second-order valence-corrected chi connectivity index (χ2v) is 28.1. The Balaban J connectivity index is 0.000000150. The van der Waals surface area contributed by atoms with Crippen molar-refractivity contribution in [3.63, 3.8) is 0 Å². The molecule has 0 fully saturated rings. The standard InChI is InChI=1S/2C20H19N3O2.C19H14N4O2.C19H17N3O2.C18H14FN3O2/c2*1-13-4-6-16(22-11-13)9-20(24)19-10-18(8-15(3)23-19)25-17-7-5-14(2)21-12-17;1-13-7-17(25-16-3-2-5-21-12-16)10-18(23-13)19(24)9-15-8-14(11-20)4-6-22-15;1-13-5-6-15(21-11-13)9-19(23)18-10-17(8-14(2)22-18)24-16-4-3-7-20-12-16;1-12-7-16(24-15-3-2-5-20-11-15)10-17(22-12)18(23)9-14-8-13(19)4-6-21-14/h2*4-8,10-12H,9H2,1-3H3;2-8,10,12H,9H2,1H3;3-8,10-12H,9H2,1-2H3;2-8,10-11H,9H2,1H3. The Kier molecular flexibility index (Phi) is 31.0. The van der Waals surface area contributed by atoms with E-state index < -0.39 is 5.82 Å². The van der Waals surface area contributed by atoms with Crippen LogP contribution in [-0.2, 0) is 32.1 Å². The summed E-state index contributed by atoms with van der Waals surface area (Å²) in [4.78, 5) is 125. The number of nitriles is 1. The molecule has 15 heterocycles. The van der Waals surface area contributed by atoms with Crippen molar-refractivity contribution < 1.29 is 52.0 Å². The number of aryl methyl sites for hydroxylation is 10. The first-order valence-corrected chi connectivity index (χ1v) is 38.6. The second kappa shape index (κ2) is 43.5. The van der Waals surface area contributed by atoms with Crippen LogP contribution in [0.4, 0.5) is 4.39 Å². The first-order chi connectivity index (χ1) is 59.3. The molecule has 0 bridgehead atoms. The van der Waals surface area contributed by atoms with E-state index in [4.69, 9.17) is 28.9 Å². The molecule has 123 heavy (non-hydrogen) atoms. The average molecular weight is 1640 g/mol. The lowest BCUT2D eigenvalue weighted by atomic mass is 10.1. The molecule has 0 aliphatic carbocycles. The maximum absolute atomic E-state index is 13.2. The van der Waals surface area contributed by atoms with Crippen molar-refractivity contribution in [3.8, 4) is 63.6 Å². The van der Waals surface area contributed by atoms with E-state index in [1.54, 1.807) is 191 Å². The van der Waals surface area contributed by atoms with Crippen LogP contribution in [0.2, 0.25) is 0 Å². The second-order valence-electron chi connectivity index (χ2n) is 28.1. The van der Waals surface area contributed by atoms with Gasteiger partial charge in [0, 0.05) is 173 Å². The summed E-state index contributed by atoms with van der Waals surface area (Å²) in [5.41, 5.74) is 13.7. The largest absolute Gasteiger partial charge is 0.456 e. The van der Waals surface area contributed by atoms with Crippen molar-refractivity contribution in [1.29, 1.82) is 5.26 Å². The Morgan fingerprint density at radius 1 is 0.276 bits per heavy atom. The van der Waals surface area contributed by atoms with Gasteiger partial charge in [0.1, 0.15) is 91.8 Å². The van der Waals surface area contributed by atoms with Crippen LogP contribution in [-0.4, -0.2) is 104 Å². The van der Waals surface area contributed by atoms with Gasteiger partial charge in [-0.15, -0.1) is 0 Å². The van der Waals surface area contributed by atoms with Crippen LogP contribution in [0.15, 0.2) is 263 Å². The van der Waals surface area contributed by atoms with Gasteiger partial charge >= 0.3 is 0 Å². The molecule has 0 saturated heterocycles. The number of carbonyl (C=O) groups excluding carboxylic acids is 5. The molecule has 614 valence electrons. The topological polar surface area (TPSA) is 349 Å². The third kappa shape index (κ3) is 28.7. The van der Waals surface area contributed by atoms with E-state index in [-0.39, 0.29) is 66.7 Å². The number of hydrogen-bond acceptors (Lipinski definition) is 26. The molecule has 0 aliphatic rings. The Morgan fingerprint density at radius 2 is 0.569 bits per heavy atom. The molecule has 15 rings (SSSR count). The summed E-state index contributed by atoms with van der Waals surface area (Å²) in [7, 11) is 0. The highest BCUT2D eigenvalue weighted by Crippen LogP contribution is 2.29. The van der Waals surface area contributed by atoms with E-state index in [0.717, 1.165) is 62.2 Å². The van der Waals surface area contributed by atoms with Crippen molar-refractivity contribution in [2.45, 2.75) is 101 Å². The number of hydrogen-bond donors (Lipinski definition) is 0. The number of carbonyl (C=O) groups is 5. The van der Waals surface area contributed by atoms with E-state index in [2.05, 4.69) is 74.8 Å². The lowest BCUT2D eigenvalue weighted by Crippen LogP contribution is -2.08. The Hall–Kier alpha value is -16.0. The normalized spacial score (nSPS) is 10.4. The highest BCUT2D eigenvalue weighted by Gasteiger charge is 2.19. The zero-order valence-corrected chi connectivity index (χ0v) is 69.0. The molecule has 0 N–H and O–H groups in total. The van der Waals surface area contributed by atoms with Crippen molar-refractivity contribution in [2.24, 2.45) is 0 Å². The zero-order valence-electron chi connectivity index (χ0n) is 69.0. The molecule has 0 atom stereocenters. The maximum Gasteiger partial charge on any atom is 0.187 e. The molecule has 0 aliphatic heterocycles. The zero-order chi connectivity index (χ0) is 87.2. The summed E-state index contributed by atoms with van der Waals surface area (Å²) < 4.78 is 42.0. The lowest BCUT2D eigenvalue weighted by molar-refractivity contribution is 0.0978. The van der Waals surface area contributed by atoms with E-state index in [1.165, 1.54) is 24.5 Å². The highest BCUT2D eigenvalue weighted by atomic mass is 19.1. The minimum absolute atomic E-state index is 0.0272. The number of Topliss-reactive ketones (excluding diaryl/α,β-unsaturated/α-hetero) is 5. The van der Waals surface area contributed by atoms with E-state index >= 15 is 0 Å². The third-order valence-electron chi connectivity index (χ3n) is 17.3. The lowest BCUT2D eigenvalue weighted by Gasteiger charge is -2.08. The molecule has 0 unspecified atom stereocenters. The summed E-state index contributed by atoms with van der Waals surface area (Å²) in [6.45, 7) is 18.8. The first-order valence-electron chi connectivity index (χ1n) is 38.6. The van der Waals surface area contributed by atoms with Crippen molar-refractivity contribution in [1.82, 2.24) is 74.8 Å². The van der Waals surface area contributed by atoms with Gasteiger partial charge in [-0.1, -0.05) is 18.2 Å². The van der Waals surface area contributed by atoms with Crippen molar-refractivity contribution in [3.05, 3.63) is 387 Å². The molecule has 0 aromatic carbocycles. The molecule has 27 heteroatoms. The third-order valence-corrected chi connectivity index (χ3v) is 17.3. The van der Waals surface area contributed by atoms with Gasteiger partial charge in [-0.25, -0.2) is 29.3 Å². The van der Waals surface area contributed by atoms with Gasteiger partial charge in [0.15, 0.2) is 28.9 Å². The van der Waals surface area contributed by atoms with Gasteiger partial charge < -0.3 is 23.7 Å². The van der Waals surface area contributed by atoms with Gasteiger partial charge in [0.2, 0.25) is 0 Å². The van der Waals surface area contributed by atoms with Gasteiger partial charge in [-0.05, 0) is 189 Å². The predicted octanol–water partition coefficient (Wildman–Crippen LogP) is 18.5. The smallest absolute Gasteiger partial charge is 0.187 e. The Morgan fingerprint density at radius 3 is 0.829 bits per heavy atom. The molecule has 0 saturated carbocycles. The monoisotopic (exact) mass is 1640 g/mol. The van der Waals surface area contributed by atoms with Crippen LogP contribution in [0.3, 0.4) is 0 Å². The number of ketones is 5. The van der Waals surface area contributed by atoms with Crippen molar-refractivity contribution in [2.75, 3.05) is 0 Å². The highest BCUT2D eigenvalue weighted by molar-refractivity contribution is 5.98. The summed E-state index contributed by atoms with van der Waals surface area (Å²) in [6, 6.07) is 54.2. The van der Waals surface area contributed by atoms with Gasteiger partial charge in [0.05, 0.1) is 80.4 Å². The first kappa shape index (κ1) is 87.8. The minimum Gasteiger partial charge on any atom is -0.456 e. The maximum atomic E-state index is 13.2. The minimum atomic E-state index is -0.425. The summed E-state index contributed by atoms with van der Waals surface area (Å²) in [6.07, 6.45) is 21.9. The average Bonchev–Trinajstić information content (AvgIpc) is 0.856. The molecule has 26 nitrogen and oxygen atoms in total. The number of nitrogens with zero attached hydrogens (tertiary/aromatic N) is 16. The summed E-state index contributed by atoms with van der Waals surface area (Å²) in [5, 5.41) is 8.93. The van der Waals surface area contributed by atoms with E-state index in [0.29, 0.717) is 109 Å². The number of aromatic nitrogens is 15. The summed E-state index contributed by atoms with van der Waals surface area (Å²) >= 11 is 0. The van der Waals surface area contributed by atoms with Gasteiger partial charge in [-0.3, -0.25) is 73.8 Å². The van der Waals surface area contributed by atoms with Crippen LogP contribution >= 0.6 is 0 Å². The van der Waals surface area contributed by atoms with Crippen LogP contribution in [0.5, 0.6) is 57.5 Å².